The molecule has 0 bridgehead atoms. The van der Waals surface area contributed by atoms with Crippen LogP contribution in [-0.4, -0.2) is 29.9 Å². The quantitative estimate of drug-likeness (QED) is 0.463. The molecule has 0 saturated heterocycles. The molecule has 3 heteroatoms. The minimum absolute atomic E-state index is 0.305. The number of methoxy groups -OCH3 is 1. The van der Waals surface area contributed by atoms with E-state index in [0.717, 1.165) is 4.35 Å². The molecule has 0 spiro atoms. The maximum atomic E-state index is 10.9. The number of carbonyl (C=O) groups excluding carboxylic acids is 1. The predicted molar refractivity (Wildman–Crippen MR) is 44.8 cm³/mol. The van der Waals surface area contributed by atoms with Gasteiger partial charge in [0.15, 0.2) is 0 Å². The second-order valence-electron chi connectivity index (χ2n) is 2.05. The van der Waals surface area contributed by atoms with Crippen molar-refractivity contribution < 1.29 is 9.53 Å². The van der Waals surface area contributed by atoms with Crippen LogP contribution in [0, 0.1) is 6.07 Å². The monoisotopic (exact) mass is 211 g/mol. The zero-order chi connectivity index (χ0) is 8.27. The molecule has 0 amide bonds. The molecule has 0 aromatic heterocycles. The van der Waals surface area contributed by atoms with E-state index >= 15 is 0 Å². The van der Waals surface area contributed by atoms with Gasteiger partial charge in [-0.25, -0.2) is 0 Å². The minimum atomic E-state index is -0.305. The van der Waals surface area contributed by atoms with E-state index in [4.69, 9.17) is 0 Å². The summed E-state index contributed by atoms with van der Waals surface area (Å²) < 4.78 is 5.61. The van der Waals surface area contributed by atoms with Crippen LogP contribution in [-0.2, 0) is 4.74 Å². The number of carbonyl (C=O) groups is 1. The molecule has 11 heavy (non-hydrogen) atoms. The molecule has 0 fully saturated rings. The van der Waals surface area contributed by atoms with E-state index in [0.29, 0.717) is 5.56 Å². The van der Waals surface area contributed by atoms with Gasteiger partial charge >= 0.3 is 73.6 Å². The SMILES string of the molecule is COC(=O)c1c[c]cc([AsH2])c1. The van der Waals surface area contributed by atoms with Gasteiger partial charge in [0.05, 0.1) is 0 Å². The van der Waals surface area contributed by atoms with Gasteiger partial charge in [0, 0.05) is 0 Å². The Bertz CT molecular complexity index is 271. The van der Waals surface area contributed by atoms with Crippen molar-refractivity contribution in [2.45, 2.75) is 0 Å². The summed E-state index contributed by atoms with van der Waals surface area (Å²) in [6.45, 7) is 0. The van der Waals surface area contributed by atoms with E-state index in [1.54, 1.807) is 12.1 Å². The van der Waals surface area contributed by atoms with Crippen molar-refractivity contribution in [3.05, 3.63) is 29.8 Å². The average molecular weight is 211 g/mol. The molecule has 0 aliphatic heterocycles. The number of ether oxygens (including phenoxy) is 1. The Hall–Kier alpha value is -0.752. The number of hydrogen-bond acceptors (Lipinski definition) is 2. The van der Waals surface area contributed by atoms with Gasteiger partial charge in [-0.15, -0.1) is 0 Å². The summed E-state index contributed by atoms with van der Waals surface area (Å²) in [6.07, 6.45) is 0. The molecule has 1 radical (unpaired) electrons. The molecule has 1 unspecified atom stereocenters. The standard InChI is InChI=1S/C8H8AsO2/c1-11-8(10)6-3-2-4-7(9)5-6/h3-5H,9H2,1H3. The molecule has 57 valence electrons. The Balaban J connectivity index is 2.96. The van der Waals surface area contributed by atoms with E-state index in [1.165, 1.54) is 24.0 Å². The molecule has 0 aliphatic rings. The Kier molecular flexibility index (Phi) is 2.72. The van der Waals surface area contributed by atoms with Crippen LogP contribution >= 0.6 is 0 Å². The summed E-state index contributed by atoms with van der Waals surface area (Å²) in [7, 11) is 1.37. The van der Waals surface area contributed by atoms with Crippen molar-refractivity contribution in [1.29, 1.82) is 0 Å². The fourth-order valence-electron chi connectivity index (χ4n) is 0.726. The van der Waals surface area contributed by atoms with Gasteiger partial charge < -0.3 is 0 Å². The summed E-state index contributed by atoms with van der Waals surface area (Å²) in [5.74, 6) is -0.305. The summed E-state index contributed by atoms with van der Waals surface area (Å²) >= 11 is 1.47. The van der Waals surface area contributed by atoms with Gasteiger partial charge in [0.1, 0.15) is 0 Å². The molecular formula is C8H8AsO2. The van der Waals surface area contributed by atoms with Gasteiger partial charge in [0.2, 0.25) is 0 Å². The van der Waals surface area contributed by atoms with Crippen molar-refractivity contribution in [2.24, 2.45) is 0 Å². The third kappa shape index (κ3) is 2.09. The third-order valence-corrected chi connectivity index (χ3v) is 1.93. The molecule has 0 heterocycles. The fourth-order valence-corrected chi connectivity index (χ4v) is 1.30. The Labute approximate surface area is 74.1 Å². The molecule has 1 atom stereocenters. The first kappa shape index (κ1) is 8.35. The molecular weight excluding hydrogens is 203 g/mol. The first-order valence-electron chi connectivity index (χ1n) is 3.09. The molecule has 2 nitrogen and oxygen atoms in total. The fraction of sp³-hybridized carbons (Fsp3) is 0.125. The van der Waals surface area contributed by atoms with Gasteiger partial charge in [0.25, 0.3) is 0 Å². The molecule has 0 aliphatic carbocycles. The zero-order valence-corrected chi connectivity index (χ0v) is 8.55. The summed E-state index contributed by atoms with van der Waals surface area (Å²) in [5.41, 5.74) is 0.564. The summed E-state index contributed by atoms with van der Waals surface area (Å²) in [6, 6.07) is 8.11. The van der Waals surface area contributed by atoms with Crippen LogP contribution in [0.5, 0.6) is 0 Å². The van der Waals surface area contributed by atoms with E-state index < -0.39 is 0 Å². The van der Waals surface area contributed by atoms with Crippen LogP contribution in [0.15, 0.2) is 18.2 Å². The molecule has 1 aromatic carbocycles. The Morgan fingerprint density at radius 2 is 2.36 bits per heavy atom. The Morgan fingerprint density at radius 3 is 2.91 bits per heavy atom. The average Bonchev–Trinajstić information content (AvgIpc) is 2.03. The molecule has 1 aromatic rings. The van der Waals surface area contributed by atoms with E-state index in [1.807, 2.05) is 6.07 Å². The maximum absolute atomic E-state index is 10.9. The van der Waals surface area contributed by atoms with Crippen LogP contribution < -0.4 is 4.35 Å². The van der Waals surface area contributed by atoms with Crippen LogP contribution in [0.4, 0.5) is 0 Å². The van der Waals surface area contributed by atoms with Crippen molar-refractivity contribution >= 4 is 27.2 Å². The summed E-state index contributed by atoms with van der Waals surface area (Å²) in [4.78, 5) is 10.9. The summed E-state index contributed by atoms with van der Waals surface area (Å²) in [5, 5.41) is 0. The second kappa shape index (κ2) is 3.58. The number of rotatable bonds is 1. The van der Waals surface area contributed by atoms with Gasteiger partial charge in [-0.2, -0.15) is 0 Å². The van der Waals surface area contributed by atoms with Crippen LogP contribution in [0.3, 0.4) is 0 Å². The van der Waals surface area contributed by atoms with Crippen molar-refractivity contribution in [3.8, 4) is 0 Å². The van der Waals surface area contributed by atoms with Crippen LogP contribution in [0.2, 0.25) is 0 Å². The first-order valence-corrected chi connectivity index (χ1v) is 4.30. The van der Waals surface area contributed by atoms with Crippen molar-refractivity contribution in [3.63, 3.8) is 0 Å². The van der Waals surface area contributed by atoms with Crippen molar-refractivity contribution in [2.75, 3.05) is 7.11 Å². The number of benzene rings is 1. The molecule has 0 N–H and O–H groups in total. The number of esters is 1. The first-order chi connectivity index (χ1) is 5.24. The van der Waals surface area contributed by atoms with Crippen LogP contribution in [0.1, 0.15) is 10.4 Å². The zero-order valence-electron chi connectivity index (χ0n) is 6.13. The van der Waals surface area contributed by atoms with Crippen LogP contribution in [0.25, 0.3) is 0 Å². The van der Waals surface area contributed by atoms with E-state index in [-0.39, 0.29) is 5.97 Å². The molecule has 0 saturated carbocycles. The van der Waals surface area contributed by atoms with Gasteiger partial charge in [-0.3, -0.25) is 0 Å². The van der Waals surface area contributed by atoms with Gasteiger partial charge in [-0.1, -0.05) is 0 Å². The molecule has 1 rings (SSSR count). The topological polar surface area (TPSA) is 26.3 Å². The van der Waals surface area contributed by atoms with E-state index in [9.17, 15) is 4.79 Å². The normalized spacial score (nSPS) is 9.27. The predicted octanol–water partition coefficient (Wildman–Crippen LogP) is -0.468. The van der Waals surface area contributed by atoms with Gasteiger partial charge in [-0.05, 0) is 0 Å². The van der Waals surface area contributed by atoms with Crippen molar-refractivity contribution in [1.82, 2.24) is 0 Å². The Morgan fingerprint density at radius 1 is 1.64 bits per heavy atom. The third-order valence-electron chi connectivity index (χ3n) is 1.23. The number of hydrogen-bond donors (Lipinski definition) is 0. The second-order valence-corrected chi connectivity index (χ2v) is 3.45. The van der Waals surface area contributed by atoms with E-state index in [2.05, 4.69) is 10.8 Å².